The van der Waals surface area contributed by atoms with E-state index in [1.165, 1.54) is 5.56 Å². The van der Waals surface area contributed by atoms with Crippen LogP contribution in [0.25, 0.3) is 0 Å². The van der Waals surface area contributed by atoms with Crippen molar-refractivity contribution in [1.29, 1.82) is 0 Å². The lowest BCUT2D eigenvalue weighted by molar-refractivity contribution is -0.0502. The number of nitrogens with one attached hydrogen (secondary N) is 1. The van der Waals surface area contributed by atoms with Gasteiger partial charge in [-0.05, 0) is 17.9 Å². The zero-order chi connectivity index (χ0) is 17.6. The van der Waals surface area contributed by atoms with Gasteiger partial charge in [-0.2, -0.15) is 0 Å². The quantitative estimate of drug-likeness (QED) is 0.407. The lowest BCUT2D eigenvalue weighted by Gasteiger charge is -2.36. The highest BCUT2D eigenvalue weighted by molar-refractivity contribution is 14.0. The molecule has 1 aromatic carbocycles. The second-order valence-corrected chi connectivity index (χ2v) is 7.49. The van der Waals surface area contributed by atoms with Gasteiger partial charge >= 0.3 is 0 Å². The van der Waals surface area contributed by atoms with E-state index in [-0.39, 0.29) is 30.1 Å². The summed E-state index contributed by atoms with van der Waals surface area (Å²) in [7, 11) is 1.88. The summed E-state index contributed by atoms with van der Waals surface area (Å²) in [5.74, 6) is 1.72. The van der Waals surface area contributed by atoms with Gasteiger partial charge in [0, 0.05) is 39.8 Å². The van der Waals surface area contributed by atoms with Crippen LogP contribution in [-0.2, 0) is 11.3 Å². The molecular weight excluding hydrogens is 439 g/mol. The summed E-state index contributed by atoms with van der Waals surface area (Å²) in [5.41, 5.74) is 1.38. The first-order valence-corrected chi connectivity index (χ1v) is 9.52. The molecule has 0 radical (unpaired) electrons. The molecule has 2 heterocycles. The number of halogens is 1. The van der Waals surface area contributed by atoms with Crippen LogP contribution in [0.5, 0.6) is 0 Å². The van der Waals surface area contributed by atoms with E-state index in [2.05, 4.69) is 64.3 Å². The fourth-order valence-corrected chi connectivity index (χ4v) is 3.75. The minimum Gasteiger partial charge on any atom is -0.373 e. The number of morpholine rings is 1. The number of ether oxygens (including phenoxy) is 1. The predicted octanol–water partition coefficient (Wildman–Crippen LogP) is 2.81. The number of aliphatic imine (C=N–C) groups is 1. The second-order valence-electron chi connectivity index (χ2n) is 7.49. The molecule has 0 aliphatic carbocycles. The van der Waals surface area contributed by atoms with E-state index in [0.717, 1.165) is 51.7 Å². The molecule has 1 N–H and O–H groups in total. The molecule has 2 atom stereocenters. The number of benzene rings is 1. The fourth-order valence-electron chi connectivity index (χ4n) is 3.75. The van der Waals surface area contributed by atoms with Crippen molar-refractivity contribution in [3.63, 3.8) is 0 Å². The molecule has 0 spiro atoms. The van der Waals surface area contributed by atoms with E-state index in [1.807, 2.05) is 7.05 Å². The second kappa shape index (κ2) is 10.5. The van der Waals surface area contributed by atoms with Gasteiger partial charge in [-0.15, -0.1) is 24.0 Å². The van der Waals surface area contributed by atoms with Crippen LogP contribution in [0.2, 0.25) is 0 Å². The monoisotopic (exact) mass is 472 g/mol. The van der Waals surface area contributed by atoms with E-state index in [4.69, 9.17) is 4.74 Å². The summed E-state index contributed by atoms with van der Waals surface area (Å²) < 4.78 is 6.07. The highest BCUT2D eigenvalue weighted by Gasteiger charge is 2.41. The molecule has 0 saturated carbocycles. The Hall–Kier alpha value is -0.860. The van der Waals surface area contributed by atoms with Gasteiger partial charge in [0.05, 0.1) is 18.8 Å². The Kier molecular flexibility index (Phi) is 8.63. The van der Waals surface area contributed by atoms with Crippen molar-refractivity contribution >= 4 is 29.9 Å². The molecule has 2 saturated heterocycles. The Morgan fingerprint density at radius 1 is 1.27 bits per heavy atom. The lowest BCUT2D eigenvalue weighted by Crippen LogP contribution is -2.50. The average Bonchev–Trinajstić information content (AvgIpc) is 3.04. The van der Waals surface area contributed by atoms with Crippen LogP contribution in [0.15, 0.2) is 35.3 Å². The summed E-state index contributed by atoms with van der Waals surface area (Å²) in [6.07, 6.45) is 1.44. The molecule has 146 valence electrons. The molecule has 0 amide bonds. The summed E-state index contributed by atoms with van der Waals surface area (Å²) in [5, 5.41) is 3.52. The van der Waals surface area contributed by atoms with Crippen molar-refractivity contribution in [3.8, 4) is 0 Å². The van der Waals surface area contributed by atoms with Gasteiger partial charge in [0.2, 0.25) is 0 Å². The molecule has 5 nitrogen and oxygen atoms in total. The number of hydrogen-bond donors (Lipinski definition) is 1. The third-order valence-corrected chi connectivity index (χ3v) is 5.16. The lowest BCUT2D eigenvalue weighted by atomic mass is 10.1. The SMILES string of the molecule is CN=C(NCCC(C)C)N1CC2OCCN(Cc3ccccc3)C2C1.I. The normalized spacial score (nSPS) is 23.7. The van der Waals surface area contributed by atoms with Gasteiger partial charge in [-0.1, -0.05) is 44.2 Å². The number of rotatable bonds is 5. The van der Waals surface area contributed by atoms with Crippen LogP contribution in [0, 0.1) is 5.92 Å². The van der Waals surface area contributed by atoms with Crippen molar-refractivity contribution in [2.24, 2.45) is 10.9 Å². The number of fused-ring (bicyclic) bond motifs is 1. The molecule has 0 aromatic heterocycles. The van der Waals surface area contributed by atoms with Crippen LogP contribution >= 0.6 is 24.0 Å². The number of hydrogen-bond acceptors (Lipinski definition) is 3. The Bertz CT molecular complexity index is 566. The molecule has 0 bridgehead atoms. The first-order valence-electron chi connectivity index (χ1n) is 9.52. The summed E-state index contributed by atoms with van der Waals surface area (Å²) >= 11 is 0. The van der Waals surface area contributed by atoms with Crippen molar-refractivity contribution in [2.45, 2.75) is 39.0 Å². The Morgan fingerprint density at radius 3 is 2.73 bits per heavy atom. The van der Waals surface area contributed by atoms with Crippen LogP contribution < -0.4 is 5.32 Å². The minimum atomic E-state index is 0. The summed E-state index contributed by atoms with van der Waals surface area (Å²) in [4.78, 5) is 9.43. The molecule has 26 heavy (non-hydrogen) atoms. The van der Waals surface area contributed by atoms with Crippen molar-refractivity contribution in [1.82, 2.24) is 15.1 Å². The van der Waals surface area contributed by atoms with Crippen molar-refractivity contribution in [2.75, 3.05) is 39.8 Å². The maximum atomic E-state index is 6.07. The maximum absolute atomic E-state index is 6.07. The average molecular weight is 472 g/mol. The van der Waals surface area contributed by atoms with Crippen LogP contribution in [-0.4, -0.2) is 67.7 Å². The standard InChI is InChI=1S/C20H32N4O.HI/c1-16(2)9-10-22-20(21-3)24-14-18-19(15-24)25-12-11-23(18)13-17-7-5-4-6-8-17;/h4-8,16,18-19H,9-15H2,1-3H3,(H,21,22);1H. The zero-order valence-corrected chi connectivity index (χ0v) is 18.6. The van der Waals surface area contributed by atoms with Crippen LogP contribution in [0.1, 0.15) is 25.8 Å². The third-order valence-electron chi connectivity index (χ3n) is 5.16. The highest BCUT2D eigenvalue weighted by Crippen LogP contribution is 2.24. The smallest absolute Gasteiger partial charge is 0.193 e. The molecule has 2 unspecified atom stereocenters. The van der Waals surface area contributed by atoms with Crippen molar-refractivity contribution < 1.29 is 4.74 Å². The van der Waals surface area contributed by atoms with E-state index in [0.29, 0.717) is 12.0 Å². The maximum Gasteiger partial charge on any atom is 0.193 e. The first-order chi connectivity index (χ1) is 12.2. The fraction of sp³-hybridized carbons (Fsp3) is 0.650. The number of guanidine groups is 1. The van der Waals surface area contributed by atoms with E-state index in [9.17, 15) is 0 Å². The third kappa shape index (κ3) is 5.57. The van der Waals surface area contributed by atoms with Gasteiger partial charge in [-0.25, -0.2) is 0 Å². The number of nitrogens with zero attached hydrogens (tertiary/aromatic N) is 3. The van der Waals surface area contributed by atoms with Crippen molar-refractivity contribution in [3.05, 3.63) is 35.9 Å². The summed E-state index contributed by atoms with van der Waals surface area (Å²) in [6.45, 7) is 10.2. The molecule has 2 fully saturated rings. The summed E-state index contributed by atoms with van der Waals surface area (Å²) in [6, 6.07) is 11.2. The molecule has 2 aliphatic rings. The van der Waals surface area contributed by atoms with Gasteiger partial charge < -0.3 is 15.0 Å². The Morgan fingerprint density at radius 2 is 2.04 bits per heavy atom. The van der Waals surface area contributed by atoms with Gasteiger partial charge in [0.1, 0.15) is 0 Å². The minimum absolute atomic E-state index is 0. The molecule has 6 heteroatoms. The van der Waals surface area contributed by atoms with Gasteiger partial charge in [0.25, 0.3) is 0 Å². The highest BCUT2D eigenvalue weighted by atomic mass is 127. The zero-order valence-electron chi connectivity index (χ0n) is 16.2. The molecule has 2 aliphatic heterocycles. The first kappa shape index (κ1) is 21.4. The topological polar surface area (TPSA) is 40.1 Å². The van der Waals surface area contributed by atoms with E-state index in [1.54, 1.807) is 0 Å². The largest absolute Gasteiger partial charge is 0.373 e. The van der Waals surface area contributed by atoms with Gasteiger partial charge in [-0.3, -0.25) is 9.89 Å². The van der Waals surface area contributed by atoms with E-state index < -0.39 is 0 Å². The Labute approximate surface area is 175 Å². The molecular formula is C20H33IN4O. The van der Waals surface area contributed by atoms with E-state index >= 15 is 0 Å². The van der Waals surface area contributed by atoms with Gasteiger partial charge in [0.15, 0.2) is 5.96 Å². The van der Waals surface area contributed by atoms with Crippen LogP contribution in [0.3, 0.4) is 0 Å². The number of likely N-dealkylation sites (tertiary alicyclic amines) is 1. The molecule has 3 rings (SSSR count). The Balaban J connectivity index is 0.00000243. The van der Waals surface area contributed by atoms with Crippen LogP contribution in [0.4, 0.5) is 0 Å². The molecule has 1 aromatic rings. The predicted molar refractivity (Wildman–Crippen MR) is 118 cm³/mol.